The number of benzene rings is 3. The number of halogens is 2. The highest BCUT2D eigenvalue weighted by Gasteiger charge is 2.47. The topological polar surface area (TPSA) is 77.8 Å². The van der Waals surface area contributed by atoms with Gasteiger partial charge in [-0.2, -0.15) is 0 Å². The summed E-state index contributed by atoms with van der Waals surface area (Å²) < 4.78 is 13.7. The van der Waals surface area contributed by atoms with Crippen molar-refractivity contribution in [3.05, 3.63) is 99.8 Å². The lowest BCUT2D eigenvalue weighted by molar-refractivity contribution is -0.132. The number of carbonyl (C=O) groups is 2. The van der Waals surface area contributed by atoms with E-state index in [9.17, 15) is 24.2 Å². The van der Waals surface area contributed by atoms with Crippen LogP contribution in [0.2, 0.25) is 5.02 Å². The molecule has 5 nitrogen and oxygen atoms in total. The summed E-state index contributed by atoms with van der Waals surface area (Å²) in [5.74, 6) is -2.53. The molecule has 1 aliphatic heterocycles. The Morgan fingerprint density at radius 2 is 1.65 bits per heavy atom. The smallest absolute Gasteiger partial charge is 0.300 e. The zero-order chi connectivity index (χ0) is 22.3. The fourth-order valence-electron chi connectivity index (χ4n) is 3.62. The van der Waals surface area contributed by atoms with Gasteiger partial charge in [0, 0.05) is 16.3 Å². The van der Waals surface area contributed by atoms with E-state index in [2.05, 4.69) is 0 Å². The third kappa shape index (κ3) is 3.66. The van der Waals surface area contributed by atoms with Gasteiger partial charge in [-0.25, -0.2) is 4.39 Å². The maximum absolute atomic E-state index is 13.7. The number of ketones is 1. The highest BCUT2D eigenvalue weighted by molar-refractivity contribution is 6.51. The maximum Gasteiger partial charge on any atom is 0.300 e. The minimum absolute atomic E-state index is 0.0151. The lowest BCUT2D eigenvalue weighted by Gasteiger charge is -2.25. The molecule has 1 atom stereocenters. The Balaban J connectivity index is 1.94. The minimum Gasteiger partial charge on any atom is -0.508 e. The van der Waals surface area contributed by atoms with Gasteiger partial charge in [-0.1, -0.05) is 23.7 Å². The third-order valence-electron chi connectivity index (χ3n) is 5.19. The highest BCUT2D eigenvalue weighted by Crippen LogP contribution is 2.42. The standard InChI is InChI=1S/C24H17ClFNO4/c1-13-12-15(4-11-19(13)26)22(29)20-21(14-2-9-18(28)10-3-14)27(24(31)23(20)30)17-7-5-16(25)6-8-17/h2-12,21,28-29H,1H3/b22-20-. The lowest BCUT2D eigenvalue weighted by atomic mass is 9.94. The predicted octanol–water partition coefficient (Wildman–Crippen LogP) is 5.12. The SMILES string of the molecule is Cc1cc(/C(O)=C2/C(=O)C(=O)N(c3ccc(Cl)cc3)C2c2ccc(O)cc2)ccc1F. The summed E-state index contributed by atoms with van der Waals surface area (Å²) >= 11 is 5.96. The third-order valence-corrected chi connectivity index (χ3v) is 5.44. The van der Waals surface area contributed by atoms with Gasteiger partial charge in [0.25, 0.3) is 11.7 Å². The number of aryl methyl sites for hydroxylation is 1. The Morgan fingerprint density at radius 3 is 2.26 bits per heavy atom. The first-order valence-electron chi connectivity index (χ1n) is 9.40. The van der Waals surface area contributed by atoms with E-state index in [1.165, 1.54) is 42.2 Å². The van der Waals surface area contributed by atoms with Crippen LogP contribution in [0.1, 0.15) is 22.7 Å². The molecule has 1 heterocycles. The molecule has 1 aliphatic rings. The van der Waals surface area contributed by atoms with Crippen molar-refractivity contribution in [2.24, 2.45) is 0 Å². The molecule has 4 rings (SSSR count). The quantitative estimate of drug-likeness (QED) is 0.338. The molecule has 0 aliphatic carbocycles. The van der Waals surface area contributed by atoms with Crippen LogP contribution in [-0.4, -0.2) is 21.9 Å². The first kappa shape index (κ1) is 20.6. The normalized spacial score (nSPS) is 17.9. The number of nitrogens with zero attached hydrogens (tertiary/aromatic N) is 1. The van der Waals surface area contributed by atoms with Crippen LogP contribution in [0.4, 0.5) is 10.1 Å². The van der Waals surface area contributed by atoms with Gasteiger partial charge in [0.15, 0.2) is 0 Å². The lowest BCUT2D eigenvalue weighted by Crippen LogP contribution is -2.29. The Kier molecular flexibility index (Phi) is 5.25. The number of hydrogen-bond donors (Lipinski definition) is 2. The van der Waals surface area contributed by atoms with Crippen LogP contribution in [0.15, 0.2) is 72.3 Å². The molecule has 0 bridgehead atoms. The second-order valence-corrected chi connectivity index (χ2v) is 7.64. The van der Waals surface area contributed by atoms with E-state index in [1.54, 1.807) is 36.4 Å². The van der Waals surface area contributed by atoms with Crippen LogP contribution in [0.25, 0.3) is 5.76 Å². The summed E-state index contributed by atoms with van der Waals surface area (Å²) in [5, 5.41) is 21.1. The second kappa shape index (κ2) is 7.89. The van der Waals surface area contributed by atoms with Gasteiger partial charge in [0.05, 0.1) is 11.6 Å². The number of amides is 1. The number of aliphatic hydroxyl groups is 1. The fraction of sp³-hybridized carbons (Fsp3) is 0.0833. The van der Waals surface area contributed by atoms with Crippen molar-refractivity contribution in [2.45, 2.75) is 13.0 Å². The molecular formula is C24H17ClFNO4. The molecule has 3 aromatic carbocycles. The molecule has 0 spiro atoms. The molecular weight excluding hydrogens is 421 g/mol. The van der Waals surface area contributed by atoms with Crippen molar-refractivity contribution < 1.29 is 24.2 Å². The van der Waals surface area contributed by atoms with Crippen molar-refractivity contribution in [1.82, 2.24) is 0 Å². The zero-order valence-electron chi connectivity index (χ0n) is 16.3. The van der Waals surface area contributed by atoms with Crippen LogP contribution >= 0.6 is 11.6 Å². The van der Waals surface area contributed by atoms with Crippen molar-refractivity contribution in [2.75, 3.05) is 4.90 Å². The number of aliphatic hydroxyl groups excluding tert-OH is 1. The van der Waals surface area contributed by atoms with Gasteiger partial charge in [-0.15, -0.1) is 0 Å². The van der Waals surface area contributed by atoms with E-state index in [0.717, 1.165) is 0 Å². The summed E-state index contributed by atoms with van der Waals surface area (Å²) in [6.07, 6.45) is 0. The first-order valence-corrected chi connectivity index (χ1v) is 9.77. The molecule has 31 heavy (non-hydrogen) atoms. The van der Waals surface area contributed by atoms with E-state index in [1.807, 2.05) is 0 Å². The average Bonchev–Trinajstić information content (AvgIpc) is 3.01. The van der Waals surface area contributed by atoms with Gasteiger partial charge in [0.1, 0.15) is 17.3 Å². The molecule has 7 heteroatoms. The number of rotatable bonds is 3. The van der Waals surface area contributed by atoms with Crippen molar-refractivity contribution >= 4 is 34.7 Å². The molecule has 0 saturated carbocycles. The number of carbonyl (C=O) groups excluding carboxylic acids is 2. The van der Waals surface area contributed by atoms with E-state index < -0.39 is 29.3 Å². The van der Waals surface area contributed by atoms with E-state index in [0.29, 0.717) is 16.3 Å². The van der Waals surface area contributed by atoms with Crippen molar-refractivity contribution in [3.8, 4) is 5.75 Å². The monoisotopic (exact) mass is 437 g/mol. The summed E-state index contributed by atoms with van der Waals surface area (Å²) in [7, 11) is 0. The molecule has 1 unspecified atom stereocenters. The van der Waals surface area contributed by atoms with Crippen molar-refractivity contribution in [3.63, 3.8) is 0 Å². The predicted molar refractivity (Wildman–Crippen MR) is 115 cm³/mol. The number of anilines is 1. The largest absolute Gasteiger partial charge is 0.508 e. The van der Waals surface area contributed by atoms with Crippen LogP contribution in [-0.2, 0) is 9.59 Å². The number of hydrogen-bond acceptors (Lipinski definition) is 4. The molecule has 3 aromatic rings. The van der Waals surface area contributed by atoms with Gasteiger partial charge in [-0.3, -0.25) is 14.5 Å². The van der Waals surface area contributed by atoms with Crippen LogP contribution in [0, 0.1) is 12.7 Å². The molecule has 1 saturated heterocycles. The van der Waals surface area contributed by atoms with E-state index in [4.69, 9.17) is 11.6 Å². The summed E-state index contributed by atoms with van der Waals surface area (Å²) in [4.78, 5) is 27.3. The number of Topliss-reactive ketones (excluding diaryl/α,β-unsaturated/α-hetero) is 1. The van der Waals surface area contributed by atoms with Gasteiger partial charge in [0.2, 0.25) is 0 Å². The number of phenols is 1. The Bertz CT molecular complexity index is 1220. The molecule has 1 fully saturated rings. The Labute approximate surface area is 182 Å². The molecule has 156 valence electrons. The summed E-state index contributed by atoms with van der Waals surface area (Å²) in [6, 6.07) is 15.4. The summed E-state index contributed by atoms with van der Waals surface area (Å²) in [6.45, 7) is 1.54. The van der Waals surface area contributed by atoms with E-state index >= 15 is 0 Å². The van der Waals surface area contributed by atoms with Gasteiger partial charge < -0.3 is 10.2 Å². The maximum atomic E-state index is 13.7. The molecule has 0 aromatic heterocycles. The number of phenolic OH excluding ortho intramolecular Hbond substituents is 1. The highest BCUT2D eigenvalue weighted by atomic mass is 35.5. The van der Waals surface area contributed by atoms with E-state index in [-0.39, 0.29) is 22.4 Å². The Morgan fingerprint density at radius 1 is 1.00 bits per heavy atom. The van der Waals surface area contributed by atoms with Crippen LogP contribution < -0.4 is 4.90 Å². The minimum atomic E-state index is -0.952. The van der Waals surface area contributed by atoms with Crippen LogP contribution in [0.5, 0.6) is 5.75 Å². The zero-order valence-corrected chi connectivity index (χ0v) is 17.1. The fourth-order valence-corrected chi connectivity index (χ4v) is 3.75. The first-order chi connectivity index (χ1) is 14.8. The molecule has 1 amide bonds. The molecule has 0 radical (unpaired) electrons. The number of aromatic hydroxyl groups is 1. The average molecular weight is 438 g/mol. The van der Waals surface area contributed by atoms with Crippen molar-refractivity contribution in [1.29, 1.82) is 0 Å². The Hall–Kier alpha value is -3.64. The summed E-state index contributed by atoms with van der Waals surface area (Å²) in [5.41, 5.74) is 1.30. The van der Waals surface area contributed by atoms with Gasteiger partial charge >= 0.3 is 0 Å². The van der Waals surface area contributed by atoms with Gasteiger partial charge in [-0.05, 0) is 72.6 Å². The molecule has 2 N–H and O–H groups in total. The second-order valence-electron chi connectivity index (χ2n) is 7.20. The van der Waals surface area contributed by atoms with Crippen LogP contribution in [0.3, 0.4) is 0 Å².